The Morgan fingerprint density at radius 1 is 0.913 bits per heavy atom. The van der Waals surface area contributed by atoms with Crippen LogP contribution in [0.15, 0.2) is 60.7 Å². The molecule has 0 aliphatic carbocycles. The van der Waals surface area contributed by atoms with Gasteiger partial charge < -0.3 is 10.8 Å². The zero-order valence-electron chi connectivity index (χ0n) is 12.3. The van der Waals surface area contributed by atoms with E-state index >= 15 is 0 Å². The van der Waals surface area contributed by atoms with Gasteiger partial charge in [0.25, 0.3) is 0 Å². The summed E-state index contributed by atoms with van der Waals surface area (Å²) in [5.74, 6) is -0.683. The molecule has 0 saturated carbocycles. The number of phenols is 1. The maximum atomic E-state index is 12.4. The van der Waals surface area contributed by atoms with Gasteiger partial charge in [-0.25, -0.2) is 0 Å². The molecule has 0 aliphatic heterocycles. The number of rotatable bonds is 4. The summed E-state index contributed by atoms with van der Waals surface area (Å²) >= 11 is 0. The second-order valence-corrected chi connectivity index (χ2v) is 5.34. The summed E-state index contributed by atoms with van der Waals surface area (Å²) in [5, 5.41) is 11.9. The van der Waals surface area contributed by atoms with E-state index in [1.165, 1.54) is 0 Å². The smallest absolute Gasteiger partial charge is 0.248 e. The highest BCUT2D eigenvalue weighted by atomic mass is 16.3. The molecule has 1 amide bonds. The fraction of sp³-hybridized carbons (Fsp3) is 0.0526. The minimum Gasteiger partial charge on any atom is -0.507 e. The number of phenolic OH excluding ortho intramolecular Hbond substituents is 1. The Kier molecular flexibility index (Phi) is 3.81. The summed E-state index contributed by atoms with van der Waals surface area (Å²) in [6.45, 7) is 0. The lowest BCUT2D eigenvalue weighted by Crippen LogP contribution is -2.11. The van der Waals surface area contributed by atoms with E-state index in [1.807, 2.05) is 24.3 Å². The number of carbonyl (C=O) groups is 2. The van der Waals surface area contributed by atoms with Gasteiger partial charge in [-0.15, -0.1) is 0 Å². The van der Waals surface area contributed by atoms with Crippen LogP contribution in [0.25, 0.3) is 10.8 Å². The third kappa shape index (κ3) is 2.92. The Balaban J connectivity index is 1.88. The number of hydrogen-bond donors (Lipinski definition) is 2. The maximum Gasteiger partial charge on any atom is 0.248 e. The molecule has 0 unspecified atom stereocenters. The van der Waals surface area contributed by atoms with Crippen molar-refractivity contribution in [3.63, 3.8) is 0 Å². The molecule has 3 aromatic rings. The number of primary amides is 1. The first kappa shape index (κ1) is 14.8. The number of Topliss-reactive ketones (excluding diaryl/α,β-unsaturated/α-hetero) is 1. The van der Waals surface area contributed by atoms with Crippen LogP contribution >= 0.6 is 0 Å². The second-order valence-electron chi connectivity index (χ2n) is 5.34. The molecule has 3 N–H and O–H groups in total. The van der Waals surface area contributed by atoms with E-state index in [9.17, 15) is 14.7 Å². The number of fused-ring (bicyclic) bond motifs is 1. The Labute approximate surface area is 133 Å². The zero-order chi connectivity index (χ0) is 16.4. The van der Waals surface area contributed by atoms with Crippen molar-refractivity contribution >= 4 is 22.5 Å². The van der Waals surface area contributed by atoms with Gasteiger partial charge in [0, 0.05) is 17.4 Å². The van der Waals surface area contributed by atoms with Crippen molar-refractivity contribution < 1.29 is 14.7 Å². The van der Waals surface area contributed by atoms with Crippen LogP contribution in [0.3, 0.4) is 0 Å². The van der Waals surface area contributed by atoms with Crippen LogP contribution in [-0.2, 0) is 6.42 Å². The van der Waals surface area contributed by atoms with Gasteiger partial charge in [0.1, 0.15) is 5.75 Å². The summed E-state index contributed by atoms with van der Waals surface area (Å²) in [6.07, 6.45) is 0.144. The average molecular weight is 305 g/mol. The van der Waals surface area contributed by atoms with Gasteiger partial charge in [-0.1, -0.05) is 42.5 Å². The van der Waals surface area contributed by atoms with E-state index in [0.717, 1.165) is 10.9 Å². The third-order valence-electron chi connectivity index (χ3n) is 3.80. The zero-order valence-corrected chi connectivity index (χ0v) is 12.3. The second kappa shape index (κ2) is 5.93. The molecular formula is C19H15NO3. The van der Waals surface area contributed by atoms with Gasteiger partial charge in [-0.3, -0.25) is 9.59 Å². The number of ketones is 1. The molecular weight excluding hydrogens is 290 g/mol. The van der Waals surface area contributed by atoms with E-state index < -0.39 is 5.91 Å². The predicted octanol–water partition coefficient (Wildman–Crippen LogP) is 3.07. The first-order valence-electron chi connectivity index (χ1n) is 7.19. The number of aromatic hydroxyl groups is 1. The van der Waals surface area contributed by atoms with Crippen molar-refractivity contribution in [2.75, 3.05) is 0 Å². The molecule has 3 aromatic carbocycles. The minimum absolute atomic E-state index is 0.00172. The third-order valence-corrected chi connectivity index (χ3v) is 3.80. The first-order valence-corrected chi connectivity index (χ1v) is 7.19. The van der Waals surface area contributed by atoms with Gasteiger partial charge in [0.2, 0.25) is 5.91 Å². The summed E-state index contributed by atoms with van der Waals surface area (Å²) in [7, 11) is 0. The molecule has 0 fully saturated rings. The fourth-order valence-corrected chi connectivity index (χ4v) is 2.55. The van der Waals surface area contributed by atoms with Crippen molar-refractivity contribution in [1.29, 1.82) is 0 Å². The lowest BCUT2D eigenvalue weighted by Gasteiger charge is -2.08. The molecule has 0 atom stereocenters. The summed E-state index contributed by atoms with van der Waals surface area (Å²) in [5.41, 5.74) is 6.64. The lowest BCUT2D eigenvalue weighted by atomic mass is 9.98. The van der Waals surface area contributed by atoms with E-state index in [4.69, 9.17) is 5.73 Å². The van der Waals surface area contributed by atoms with Crippen molar-refractivity contribution in [2.45, 2.75) is 6.42 Å². The molecule has 0 aromatic heterocycles. The van der Waals surface area contributed by atoms with Crippen molar-refractivity contribution in [3.8, 4) is 5.75 Å². The SMILES string of the molecule is NC(=O)c1ccc(CC(=O)c2ccc3ccccc3c2O)cc1. The molecule has 0 aliphatic rings. The quantitative estimate of drug-likeness (QED) is 0.727. The van der Waals surface area contributed by atoms with Crippen LogP contribution in [0.2, 0.25) is 0 Å². The van der Waals surface area contributed by atoms with Crippen LogP contribution in [0.5, 0.6) is 5.75 Å². The Bertz CT molecular complexity index is 898. The van der Waals surface area contributed by atoms with E-state index in [0.29, 0.717) is 16.5 Å². The topological polar surface area (TPSA) is 80.4 Å². The number of hydrogen-bond acceptors (Lipinski definition) is 3. The first-order chi connectivity index (χ1) is 11.1. The summed E-state index contributed by atoms with van der Waals surface area (Å²) < 4.78 is 0. The highest BCUT2D eigenvalue weighted by Gasteiger charge is 2.14. The van der Waals surface area contributed by atoms with Crippen LogP contribution in [0.1, 0.15) is 26.3 Å². The van der Waals surface area contributed by atoms with Crippen LogP contribution in [-0.4, -0.2) is 16.8 Å². The van der Waals surface area contributed by atoms with Gasteiger partial charge >= 0.3 is 0 Å². The number of benzene rings is 3. The van der Waals surface area contributed by atoms with Crippen molar-refractivity contribution in [3.05, 3.63) is 77.4 Å². The van der Waals surface area contributed by atoms with E-state index in [-0.39, 0.29) is 18.0 Å². The molecule has 0 saturated heterocycles. The summed E-state index contributed by atoms with van der Waals surface area (Å²) in [4.78, 5) is 23.5. The standard InChI is InChI=1S/C19H15NO3/c20-19(23)14-7-5-12(6-8-14)11-17(21)16-10-9-13-3-1-2-4-15(13)18(16)22/h1-10,22H,11H2,(H2,20,23). The average Bonchev–Trinajstić information content (AvgIpc) is 2.56. The summed E-state index contributed by atoms with van der Waals surface area (Å²) in [6, 6.07) is 17.4. The van der Waals surface area contributed by atoms with Gasteiger partial charge in [-0.05, 0) is 29.1 Å². The van der Waals surface area contributed by atoms with Crippen molar-refractivity contribution in [2.24, 2.45) is 5.73 Å². The highest BCUT2D eigenvalue weighted by molar-refractivity contribution is 6.05. The van der Waals surface area contributed by atoms with Crippen molar-refractivity contribution in [1.82, 2.24) is 0 Å². The minimum atomic E-state index is -0.505. The Hall–Kier alpha value is -3.14. The molecule has 0 radical (unpaired) electrons. The monoisotopic (exact) mass is 305 g/mol. The van der Waals surface area contributed by atoms with E-state index in [1.54, 1.807) is 36.4 Å². The van der Waals surface area contributed by atoms with E-state index in [2.05, 4.69) is 0 Å². The molecule has 0 bridgehead atoms. The Morgan fingerprint density at radius 2 is 1.61 bits per heavy atom. The molecule has 4 nitrogen and oxygen atoms in total. The normalized spacial score (nSPS) is 10.6. The fourth-order valence-electron chi connectivity index (χ4n) is 2.55. The predicted molar refractivity (Wildman–Crippen MR) is 88.6 cm³/mol. The van der Waals surface area contributed by atoms with Crippen LogP contribution in [0.4, 0.5) is 0 Å². The van der Waals surface area contributed by atoms with Crippen LogP contribution in [0, 0.1) is 0 Å². The largest absolute Gasteiger partial charge is 0.507 e. The molecule has 114 valence electrons. The Morgan fingerprint density at radius 3 is 2.30 bits per heavy atom. The maximum absolute atomic E-state index is 12.4. The number of amides is 1. The molecule has 0 spiro atoms. The van der Waals surface area contributed by atoms with Gasteiger partial charge in [0.15, 0.2) is 5.78 Å². The van der Waals surface area contributed by atoms with Crippen LogP contribution < -0.4 is 5.73 Å². The lowest BCUT2D eigenvalue weighted by molar-refractivity contribution is 0.0987. The molecule has 23 heavy (non-hydrogen) atoms. The highest BCUT2D eigenvalue weighted by Crippen LogP contribution is 2.29. The number of nitrogens with two attached hydrogens (primary N) is 1. The molecule has 3 rings (SSSR count). The van der Waals surface area contributed by atoms with Gasteiger partial charge in [-0.2, -0.15) is 0 Å². The van der Waals surface area contributed by atoms with Gasteiger partial charge in [0.05, 0.1) is 5.56 Å². The molecule has 4 heteroatoms. The molecule has 0 heterocycles. The number of carbonyl (C=O) groups excluding carboxylic acids is 2.